The topological polar surface area (TPSA) is 128 Å². The summed E-state index contributed by atoms with van der Waals surface area (Å²) < 4.78 is 0. The number of carbonyl (C=O) groups is 2. The molecule has 1 aliphatic heterocycles. The number of anilines is 1. The van der Waals surface area contributed by atoms with Gasteiger partial charge in [0.2, 0.25) is 5.91 Å². The molecule has 0 bridgehead atoms. The lowest BCUT2D eigenvalue weighted by molar-refractivity contribution is -0.384. The lowest BCUT2D eigenvalue weighted by Gasteiger charge is -2.07. The van der Waals surface area contributed by atoms with E-state index in [9.17, 15) is 19.7 Å². The van der Waals surface area contributed by atoms with Crippen molar-refractivity contribution in [2.24, 2.45) is 10.7 Å². The highest BCUT2D eigenvalue weighted by Crippen LogP contribution is 2.23. The van der Waals surface area contributed by atoms with Crippen molar-refractivity contribution >= 4 is 40.1 Å². The third-order valence-electron chi connectivity index (χ3n) is 2.49. The van der Waals surface area contributed by atoms with Crippen LogP contribution in [0.2, 0.25) is 0 Å². The predicted octanol–water partition coefficient (Wildman–Crippen LogP) is 0.880. The van der Waals surface area contributed by atoms with Gasteiger partial charge in [0.25, 0.3) is 11.6 Å². The molecule has 3 N–H and O–H groups in total. The fourth-order valence-electron chi connectivity index (χ4n) is 1.58. The Labute approximate surface area is 117 Å². The zero-order valence-corrected chi connectivity index (χ0v) is 10.9. The Morgan fingerprint density at radius 1 is 1.45 bits per heavy atom. The molecule has 0 radical (unpaired) electrons. The lowest BCUT2D eigenvalue weighted by atomic mass is 10.2. The molecule has 0 saturated heterocycles. The maximum absolute atomic E-state index is 11.7. The van der Waals surface area contributed by atoms with Crippen LogP contribution in [0.15, 0.2) is 29.3 Å². The van der Waals surface area contributed by atoms with Gasteiger partial charge in [-0.15, -0.1) is 0 Å². The van der Waals surface area contributed by atoms with Crippen LogP contribution in [0.1, 0.15) is 6.42 Å². The number of nitrogens with one attached hydrogen (secondary N) is 1. The SMILES string of the molecule is NC1=NC(=O)[C@H](CC(=O)Nc2ccc([N+](=O)[O-])cc2)S1. The number of rotatable bonds is 4. The lowest BCUT2D eigenvalue weighted by Crippen LogP contribution is -2.21. The number of nitrogens with two attached hydrogens (primary N) is 1. The van der Waals surface area contributed by atoms with E-state index in [4.69, 9.17) is 5.73 Å². The molecule has 20 heavy (non-hydrogen) atoms. The highest BCUT2D eigenvalue weighted by atomic mass is 32.2. The van der Waals surface area contributed by atoms with Gasteiger partial charge in [-0.3, -0.25) is 19.7 Å². The van der Waals surface area contributed by atoms with Crippen LogP contribution in [0.25, 0.3) is 0 Å². The standard InChI is InChI=1S/C11H10N4O4S/c12-11-14-10(17)8(20-11)5-9(16)13-6-1-3-7(4-2-6)15(18)19/h1-4,8H,5H2,(H,13,16)(H2,12,14,17)/t8-/m0/s1. The van der Waals surface area contributed by atoms with Crippen LogP contribution in [0, 0.1) is 10.1 Å². The van der Waals surface area contributed by atoms with E-state index in [2.05, 4.69) is 10.3 Å². The van der Waals surface area contributed by atoms with Crippen molar-refractivity contribution in [3.63, 3.8) is 0 Å². The van der Waals surface area contributed by atoms with Gasteiger partial charge in [0.05, 0.1) is 4.92 Å². The van der Waals surface area contributed by atoms with Crippen molar-refractivity contribution in [3.8, 4) is 0 Å². The maximum Gasteiger partial charge on any atom is 0.269 e. The monoisotopic (exact) mass is 294 g/mol. The molecular formula is C11H10N4O4S. The molecule has 2 amide bonds. The Kier molecular flexibility index (Phi) is 3.99. The number of benzene rings is 1. The summed E-state index contributed by atoms with van der Waals surface area (Å²) in [5, 5.41) is 12.6. The molecule has 1 aromatic rings. The molecule has 0 spiro atoms. The number of nitro groups is 1. The first-order valence-electron chi connectivity index (χ1n) is 5.54. The first-order valence-corrected chi connectivity index (χ1v) is 6.42. The van der Waals surface area contributed by atoms with Gasteiger partial charge in [-0.05, 0) is 12.1 Å². The van der Waals surface area contributed by atoms with E-state index in [0.717, 1.165) is 11.8 Å². The molecule has 0 saturated carbocycles. The van der Waals surface area contributed by atoms with Gasteiger partial charge >= 0.3 is 0 Å². The minimum absolute atomic E-state index is 0.0509. The number of aliphatic imine (C=N–C) groups is 1. The number of amides is 2. The number of nitrogens with zero attached hydrogens (tertiary/aromatic N) is 2. The van der Waals surface area contributed by atoms with Crippen LogP contribution >= 0.6 is 11.8 Å². The average molecular weight is 294 g/mol. The van der Waals surface area contributed by atoms with Gasteiger partial charge in [0.15, 0.2) is 5.17 Å². The highest BCUT2D eigenvalue weighted by Gasteiger charge is 2.29. The van der Waals surface area contributed by atoms with Crippen molar-refractivity contribution < 1.29 is 14.5 Å². The van der Waals surface area contributed by atoms with E-state index < -0.39 is 16.1 Å². The van der Waals surface area contributed by atoms with Gasteiger partial charge < -0.3 is 11.1 Å². The van der Waals surface area contributed by atoms with Gasteiger partial charge in [-0.1, -0.05) is 11.8 Å². The van der Waals surface area contributed by atoms with Gasteiger partial charge in [0, 0.05) is 24.2 Å². The fraction of sp³-hybridized carbons (Fsp3) is 0.182. The largest absolute Gasteiger partial charge is 0.378 e. The number of thioether (sulfide) groups is 1. The molecule has 1 atom stereocenters. The quantitative estimate of drug-likeness (QED) is 0.626. The Bertz CT molecular complexity index is 599. The number of carbonyl (C=O) groups excluding carboxylic acids is 2. The molecule has 104 valence electrons. The third-order valence-corrected chi connectivity index (χ3v) is 3.48. The van der Waals surface area contributed by atoms with Crippen molar-refractivity contribution in [2.75, 3.05) is 5.32 Å². The van der Waals surface area contributed by atoms with Gasteiger partial charge in [0.1, 0.15) is 5.25 Å². The number of hydrogen-bond donors (Lipinski definition) is 2. The summed E-state index contributed by atoms with van der Waals surface area (Å²) >= 11 is 1.05. The smallest absolute Gasteiger partial charge is 0.269 e. The summed E-state index contributed by atoms with van der Waals surface area (Å²) in [5.74, 6) is -0.805. The minimum atomic E-state index is -0.604. The highest BCUT2D eigenvalue weighted by molar-refractivity contribution is 8.15. The summed E-state index contributed by atoms with van der Waals surface area (Å²) in [6, 6.07) is 5.41. The number of nitro benzene ring substituents is 1. The Morgan fingerprint density at radius 2 is 2.10 bits per heavy atom. The van der Waals surface area contributed by atoms with E-state index in [1.807, 2.05) is 0 Å². The molecule has 0 aromatic heterocycles. The van der Waals surface area contributed by atoms with Crippen molar-refractivity contribution in [1.82, 2.24) is 0 Å². The average Bonchev–Trinajstić information content (AvgIpc) is 2.68. The molecule has 0 unspecified atom stereocenters. The van der Waals surface area contributed by atoms with E-state index in [1.54, 1.807) is 0 Å². The Hall–Kier alpha value is -2.42. The Morgan fingerprint density at radius 3 is 2.60 bits per heavy atom. The van der Waals surface area contributed by atoms with Crippen molar-refractivity contribution in [2.45, 2.75) is 11.7 Å². The van der Waals surface area contributed by atoms with E-state index in [0.29, 0.717) is 5.69 Å². The maximum atomic E-state index is 11.7. The summed E-state index contributed by atoms with van der Waals surface area (Å²) in [6.45, 7) is 0. The van der Waals surface area contributed by atoms with Crippen LogP contribution in [-0.2, 0) is 9.59 Å². The molecule has 2 rings (SSSR count). The fourth-order valence-corrected chi connectivity index (χ4v) is 2.40. The molecular weight excluding hydrogens is 284 g/mol. The number of non-ortho nitro benzene ring substituents is 1. The molecule has 1 aliphatic rings. The minimum Gasteiger partial charge on any atom is -0.378 e. The third kappa shape index (κ3) is 3.32. The normalized spacial score (nSPS) is 17.7. The van der Waals surface area contributed by atoms with E-state index in [-0.39, 0.29) is 23.2 Å². The first-order chi connectivity index (χ1) is 9.45. The number of amidine groups is 1. The molecule has 1 heterocycles. The van der Waals surface area contributed by atoms with Gasteiger partial charge in [-0.2, -0.15) is 4.99 Å². The summed E-state index contributed by atoms with van der Waals surface area (Å²) in [4.78, 5) is 36.6. The van der Waals surface area contributed by atoms with E-state index in [1.165, 1.54) is 24.3 Å². The summed E-state index contributed by atoms with van der Waals surface area (Å²) in [5.41, 5.74) is 5.74. The molecule has 1 aromatic carbocycles. The van der Waals surface area contributed by atoms with Crippen molar-refractivity contribution in [3.05, 3.63) is 34.4 Å². The molecule has 8 nitrogen and oxygen atoms in total. The second kappa shape index (κ2) is 5.70. The van der Waals surface area contributed by atoms with Crippen LogP contribution < -0.4 is 11.1 Å². The Balaban J connectivity index is 1.92. The predicted molar refractivity (Wildman–Crippen MR) is 74.4 cm³/mol. The zero-order valence-electron chi connectivity index (χ0n) is 10.1. The van der Waals surface area contributed by atoms with E-state index >= 15 is 0 Å². The molecule has 0 aliphatic carbocycles. The second-order valence-corrected chi connectivity index (χ2v) is 5.17. The van der Waals surface area contributed by atoms with Crippen LogP contribution in [-0.4, -0.2) is 27.2 Å². The molecule has 0 fully saturated rings. The van der Waals surface area contributed by atoms with Gasteiger partial charge in [-0.25, -0.2) is 0 Å². The first kappa shape index (κ1) is 14.0. The zero-order chi connectivity index (χ0) is 14.7. The van der Waals surface area contributed by atoms with Crippen LogP contribution in [0.5, 0.6) is 0 Å². The van der Waals surface area contributed by atoms with Crippen molar-refractivity contribution in [1.29, 1.82) is 0 Å². The van der Waals surface area contributed by atoms with Crippen LogP contribution in [0.4, 0.5) is 11.4 Å². The molecule has 9 heteroatoms. The van der Waals surface area contributed by atoms with Crippen LogP contribution in [0.3, 0.4) is 0 Å². The summed E-state index contributed by atoms with van der Waals surface area (Å²) in [7, 11) is 0. The second-order valence-electron chi connectivity index (χ2n) is 3.95. The number of hydrogen-bond acceptors (Lipinski definition) is 6. The summed E-state index contributed by atoms with van der Waals surface area (Å²) in [6.07, 6.45) is -0.0509.